The first-order valence-electron chi connectivity index (χ1n) is 14.0. The van der Waals surface area contributed by atoms with Gasteiger partial charge in [0.15, 0.2) is 0 Å². The Morgan fingerprint density at radius 2 is 2.03 bits per heavy atom. The summed E-state index contributed by atoms with van der Waals surface area (Å²) in [6.07, 6.45) is 0.0340. The van der Waals surface area contributed by atoms with Gasteiger partial charge < -0.3 is 15.1 Å². The van der Waals surface area contributed by atoms with Crippen molar-refractivity contribution in [1.82, 2.24) is 24.9 Å². The van der Waals surface area contributed by atoms with E-state index in [0.29, 0.717) is 33.6 Å². The second-order valence-corrected chi connectivity index (χ2v) is 8.61. The summed E-state index contributed by atoms with van der Waals surface area (Å²) in [5.74, 6) is 1.11. The van der Waals surface area contributed by atoms with E-state index >= 15 is 0 Å². The zero-order valence-corrected chi connectivity index (χ0v) is 17.5. The fourth-order valence-corrected chi connectivity index (χ4v) is 4.83. The highest BCUT2D eigenvalue weighted by Gasteiger charge is 2.36. The van der Waals surface area contributed by atoms with Gasteiger partial charge in [-0.15, -0.1) is 11.8 Å². The molecule has 1 aromatic heterocycles. The highest BCUT2D eigenvalue weighted by molar-refractivity contribution is 7.99. The second kappa shape index (κ2) is 8.61. The molecule has 8 heteroatoms. The Morgan fingerprint density at radius 3 is 2.77 bits per heavy atom. The van der Waals surface area contributed by atoms with Crippen LogP contribution in [0.5, 0.6) is 0 Å². The number of piperazine rings is 1. The summed E-state index contributed by atoms with van der Waals surface area (Å²) in [6.45, 7) is -9.78. The molecule has 1 amide bonds. The van der Waals surface area contributed by atoms with Gasteiger partial charge in [-0.1, -0.05) is 18.2 Å². The van der Waals surface area contributed by atoms with Gasteiger partial charge in [-0.3, -0.25) is 9.69 Å². The largest absolute Gasteiger partial charge is 0.354 e. The average molecular weight is 435 g/mol. The van der Waals surface area contributed by atoms with E-state index in [0.717, 1.165) is 5.75 Å². The fraction of sp³-hybridized carbons (Fsp3) is 0.545. The van der Waals surface area contributed by atoms with Gasteiger partial charge in [-0.25, -0.2) is 4.68 Å². The van der Waals surface area contributed by atoms with E-state index in [1.54, 1.807) is 53.9 Å². The number of nitrogens with zero attached hydrogens (tertiary/aromatic N) is 5. The molecular weight excluding hydrogens is 396 g/mol. The van der Waals surface area contributed by atoms with Crippen molar-refractivity contribution in [2.24, 2.45) is 0 Å². The number of para-hydroxylation sites is 1. The molecule has 0 radical (unpaired) electrons. The van der Waals surface area contributed by atoms with E-state index < -0.39 is 38.1 Å². The van der Waals surface area contributed by atoms with Crippen LogP contribution in [0.4, 0.5) is 5.82 Å². The first-order valence-corrected chi connectivity index (χ1v) is 11.2. The summed E-state index contributed by atoms with van der Waals surface area (Å²) >= 11 is 1.63. The van der Waals surface area contributed by atoms with Gasteiger partial charge in [0.05, 0.1) is 28.8 Å². The minimum absolute atomic E-state index is 0.0175. The quantitative estimate of drug-likeness (QED) is 0.788. The third kappa shape index (κ3) is 3.96. The van der Waals surface area contributed by atoms with E-state index in [4.69, 9.17) is 11.0 Å². The summed E-state index contributed by atoms with van der Waals surface area (Å²) in [7, 11) is 0. The number of thioether (sulfide) groups is 1. The molecule has 0 saturated carbocycles. The van der Waals surface area contributed by atoms with Crippen molar-refractivity contribution in [1.29, 1.82) is 0 Å². The smallest absolute Gasteiger partial charge is 0.240 e. The Bertz CT molecular complexity index is 1180. The number of carbonyl (C=O) groups excluding carboxylic acids is 1. The lowest BCUT2D eigenvalue weighted by Gasteiger charge is -2.38. The highest BCUT2D eigenvalue weighted by Crippen LogP contribution is 2.25. The average Bonchev–Trinajstić information content (AvgIpc) is 3.60. The highest BCUT2D eigenvalue weighted by atomic mass is 32.2. The van der Waals surface area contributed by atoms with Gasteiger partial charge in [-0.05, 0) is 25.5 Å². The van der Waals surface area contributed by atoms with E-state index in [9.17, 15) is 4.79 Å². The van der Waals surface area contributed by atoms with Crippen molar-refractivity contribution in [3.05, 3.63) is 42.1 Å². The number of rotatable bonds is 4. The standard InChI is InChI=1S/C22H30N6OS/c1-17-13-21(28(24-17)18-5-3-2-4-6-18)26-9-7-25(8-10-26)19-14-20(23-15-19)22(29)27-11-12-30-16-27/h2-6,13,19-20,23H,7-12,14-16H2,1H3/t19-,20+/m1/s1/i7D2,8D2,9D2,10D2. The van der Waals surface area contributed by atoms with Crippen molar-refractivity contribution in [2.45, 2.75) is 25.4 Å². The molecule has 0 unspecified atom stereocenters. The number of hydrogen-bond acceptors (Lipinski definition) is 6. The monoisotopic (exact) mass is 434 g/mol. The molecule has 2 atom stereocenters. The molecule has 3 aliphatic heterocycles. The van der Waals surface area contributed by atoms with Crippen LogP contribution in [0.1, 0.15) is 23.1 Å². The predicted octanol–water partition coefficient (Wildman–Crippen LogP) is 1.57. The third-order valence-corrected chi connectivity index (χ3v) is 6.41. The molecular formula is C22H30N6OS. The molecule has 4 heterocycles. The van der Waals surface area contributed by atoms with Gasteiger partial charge in [-0.2, -0.15) is 5.10 Å². The topological polar surface area (TPSA) is 56.6 Å². The molecule has 5 rings (SSSR count). The molecule has 7 nitrogen and oxygen atoms in total. The molecule has 0 bridgehead atoms. The lowest BCUT2D eigenvalue weighted by atomic mass is 10.1. The van der Waals surface area contributed by atoms with Crippen LogP contribution >= 0.6 is 11.8 Å². The van der Waals surface area contributed by atoms with Crippen LogP contribution in [0, 0.1) is 6.92 Å². The van der Waals surface area contributed by atoms with Crippen LogP contribution in [0.2, 0.25) is 0 Å². The van der Waals surface area contributed by atoms with Crippen molar-refractivity contribution in [2.75, 3.05) is 55.6 Å². The Morgan fingerprint density at radius 1 is 1.23 bits per heavy atom. The number of aromatic nitrogens is 2. The Balaban J connectivity index is 1.54. The Kier molecular flexibility index (Phi) is 3.65. The maximum Gasteiger partial charge on any atom is 0.240 e. The molecule has 3 fully saturated rings. The summed E-state index contributed by atoms with van der Waals surface area (Å²) in [4.78, 5) is 15.8. The van der Waals surface area contributed by atoms with Crippen LogP contribution in [-0.4, -0.2) is 88.3 Å². The van der Waals surface area contributed by atoms with Crippen molar-refractivity contribution >= 4 is 23.5 Å². The van der Waals surface area contributed by atoms with Crippen molar-refractivity contribution < 1.29 is 15.8 Å². The zero-order chi connectivity index (χ0) is 27.7. The summed E-state index contributed by atoms with van der Waals surface area (Å²) in [6, 6.07) is 8.43. The SMILES string of the molecule is [2H]C1([2H])N(c2cc(C)nn2-c2ccccc2)C([2H])([2H])C([2H])([2H])N([C@H]2CN[C@H](C(=O)N3CCSC3)C2)C1([2H])[2H]. The number of hydrogen-bond donors (Lipinski definition) is 1. The van der Waals surface area contributed by atoms with Gasteiger partial charge >= 0.3 is 0 Å². The Labute approximate surface area is 193 Å². The van der Waals surface area contributed by atoms with Gasteiger partial charge in [0, 0.05) is 62.4 Å². The maximum absolute atomic E-state index is 12.9. The molecule has 0 aliphatic carbocycles. The van der Waals surface area contributed by atoms with Gasteiger partial charge in [0.2, 0.25) is 5.91 Å². The number of nitrogens with one attached hydrogen (secondary N) is 1. The second-order valence-electron chi connectivity index (χ2n) is 7.53. The molecule has 0 spiro atoms. The molecule has 3 saturated heterocycles. The normalized spacial score (nSPS) is 35.9. The van der Waals surface area contributed by atoms with Gasteiger partial charge in [0.1, 0.15) is 5.82 Å². The van der Waals surface area contributed by atoms with Crippen molar-refractivity contribution in [3.8, 4) is 5.69 Å². The summed E-state index contributed by atoms with van der Waals surface area (Å²) < 4.78 is 72.6. The molecule has 1 N–H and O–H groups in total. The van der Waals surface area contributed by atoms with E-state index in [1.807, 2.05) is 0 Å². The van der Waals surface area contributed by atoms with Crippen LogP contribution < -0.4 is 10.2 Å². The summed E-state index contributed by atoms with van der Waals surface area (Å²) in [5, 5.41) is 7.42. The number of anilines is 1. The van der Waals surface area contributed by atoms with E-state index in [2.05, 4.69) is 10.4 Å². The lowest BCUT2D eigenvalue weighted by molar-refractivity contribution is -0.131. The Hall–Kier alpha value is -2.03. The minimum atomic E-state index is -3.03. The number of amides is 1. The van der Waals surface area contributed by atoms with E-state index in [-0.39, 0.29) is 24.7 Å². The molecule has 30 heavy (non-hydrogen) atoms. The fourth-order valence-electron chi connectivity index (χ4n) is 3.88. The molecule has 1 aromatic carbocycles. The van der Waals surface area contributed by atoms with E-state index in [1.165, 1.54) is 10.7 Å². The zero-order valence-electron chi connectivity index (χ0n) is 24.7. The van der Waals surface area contributed by atoms with Gasteiger partial charge in [0.25, 0.3) is 0 Å². The van der Waals surface area contributed by atoms with Crippen LogP contribution in [0.15, 0.2) is 36.4 Å². The molecule has 160 valence electrons. The molecule has 3 aliphatic rings. The first kappa shape index (κ1) is 12.7. The minimum Gasteiger partial charge on any atom is -0.354 e. The van der Waals surface area contributed by atoms with Crippen LogP contribution in [0.3, 0.4) is 0 Å². The van der Waals surface area contributed by atoms with Crippen LogP contribution in [0.25, 0.3) is 5.69 Å². The lowest BCUT2D eigenvalue weighted by Crippen LogP contribution is -2.51. The third-order valence-electron chi connectivity index (χ3n) is 5.44. The first-order chi connectivity index (χ1) is 17.7. The van der Waals surface area contributed by atoms with Crippen molar-refractivity contribution in [3.63, 3.8) is 0 Å². The predicted molar refractivity (Wildman–Crippen MR) is 121 cm³/mol. The number of benzene rings is 1. The number of aryl methyl sites for hydroxylation is 1. The molecule has 2 aromatic rings. The van der Waals surface area contributed by atoms with Crippen LogP contribution in [-0.2, 0) is 4.79 Å². The summed E-state index contributed by atoms with van der Waals surface area (Å²) in [5.41, 5.74) is 0.924. The number of carbonyl (C=O) groups is 1. The maximum atomic E-state index is 12.9.